The number of aliphatic hydroxyl groups is 1. The first-order valence-electron chi connectivity index (χ1n) is 39.4. The molecule has 0 bridgehead atoms. The Morgan fingerprint density at radius 3 is 0.788 bits per heavy atom. The zero-order valence-electron chi connectivity index (χ0n) is 64.4. The summed E-state index contributed by atoms with van der Waals surface area (Å²) < 4.78 is 68.4. The zero-order valence-corrected chi connectivity index (χ0v) is 66.2. The fraction of sp³-hybridized carbons (Fsp3) is 0.624. The number of phosphoric ester groups is 2. The summed E-state index contributed by atoms with van der Waals surface area (Å²) in [5.41, 5.74) is 0. The molecule has 0 aromatic heterocycles. The Morgan fingerprint density at radius 1 is 0.279 bits per heavy atom. The number of ether oxygens (including phenoxy) is 4. The van der Waals surface area contributed by atoms with Crippen LogP contribution in [0.25, 0.3) is 0 Å². The fourth-order valence-electron chi connectivity index (χ4n) is 9.79. The van der Waals surface area contributed by atoms with Crippen molar-refractivity contribution in [3.05, 3.63) is 170 Å². The monoisotopic (exact) mass is 1490 g/mol. The van der Waals surface area contributed by atoms with Gasteiger partial charge in [-0.2, -0.15) is 0 Å². The highest BCUT2D eigenvalue weighted by atomic mass is 31.2. The predicted octanol–water partition coefficient (Wildman–Crippen LogP) is 23.0. The van der Waals surface area contributed by atoms with E-state index in [2.05, 4.69) is 198 Å². The highest BCUT2D eigenvalue weighted by molar-refractivity contribution is 7.47. The van der Waals surface area contributed by atoms with E-state index in [0.29, 0.717) is 32.1 Å². The van der Waals surface area contributed by atoms with E-state index in [1.807, 2.05) is 0 Å². The van der Waals surface area contributed by atoms with Crippen LogP contribution in [0.15, 0.2) is 170 Å². The second-order valence-electron chi connectivity index (χ2n) is 25.5. The smallest absolute Gasteiger partial charge is 0.462 e. The molecular weight excluding hydrogens is 1350 g/mol. The van der Waals surface area contributed by atoms with E-state index in [1.54, 1.807) is 0 Å². The second kappa shape index (κ2) is 75.6. The standard InChI is InChI=1S/C85H138O17P2/c1-5-9-13-17-21-25-29-32-35-37-39-41-44-46-50-53-57-61-65-69-82(87)95-75-80(101-84(89)71-67-63-59-55-49-28-24-20-16-12-8-4)77-99-103(91,92)97-73-79(86)74-98-104(93,94)100-78-81(102-85(90)72-68-64-60-56-52-48-43-34-31-27-23-19-15-11-7-3)76-96-83(88)70-66-62-58-54-51-47-45-42-40-38-36-33-30-26-22-18-14-10-6-2/h9-11,13-15,21-23,25-27,32-36,39-43,46-47,50-52,56,79-81,86H,5-8,12,16-20,24,28-31,37-38,44-45,48-49,53-55,57-78H2,1-4H3,(H,91,92)(H,93,94)/b13-9-,14-10-,15-11-,25-21-,26-22-,27-23-,35-32-,36-33-,41-39-,42-40-,43-34-,50-46-,51-47-,56-52-. The van der Waals surface area contributed by atoms with E-state index >= 15 is 0 Å². The first-order valence-corrected chi connectivity index (χ1v) is 42.4. The van der Waals surface area contributed by atoms with Gasteiger partial charge in [-0.15, -0.1) is 0 Å². The third kappa shape index (κ3) is 74.7. The number of phosphoric acid groups is 2. The van der Waals surface area contributed by atoms with E-state index in [-0.39, 0.29) is 25.7 Å². The van der Waals surface area contributed by atoms with E-state index in [9.17, 15) is 43.2 Å². The topological polar surface area (TPSA) is 237 Å². The number of hydrogen-bond acceptors (Lipinski definition) is 15. The van der Waals surface area contributed by atoms with Gasteiger partial charge >= 0.3 is 39.5 Å². The number of carbonyl (C=O) groups is 4. The molecule has 590 valence electrons. The van der Waals surface area contributed by atoms with Gasteiger partial charge in [-0.3, -0.25) is 37.3 Å². The first kappa shape index (κ1) is 98.4. The third-order valence-electron chi connectivity index (χ3n) is 15.7. The second-order valence-corrected chi connectivity index (χ2v) is 28.4. The normalized spacial score (nSPS) is 14.8. The molecule has 0 radical (unpaired) electrons. The molecule has 0 spiro atoms. The van der Waals surface area contributed by atoms with Crippen molar-refractivity contribution in [2.24, 2.45) is 0 Å². The lowest BCUT2D eigenvalue weighted by molar-refractivity contribution is -0.161. The SMILES string of the molecule is CC/C=C\C/C=C\C/C=C\C/C=C\C/C=C\CCCCCC(=O)OCC(COP(=O)(O)OCC(O)COP(=O)(O)OCC(COC(=O)CCCCC/C=C\C/C=C\C/C=C\C/C=C\C/C=C\CC)OC(=O)CCCCCCCCCCCCC)OC(=O)CCCC/C=C\C/C=C\C/C=C\C/C=C\CC. The van der Waals surface area contributed by atoms with Gasteiger partial charge in [0, 0.05) is 25.7 Å². The number of carbonyl (C=O) groups excluding carboxylic acids is 4. The van der Waals surface area contributed by atoms with Crippen molar-refractivity contribution in [3.63, 3.8) is 0 Å². The molecule has 0 saturated carbocycles. The van der Waals surface area contributed by atoms with Gasteiger partial charge in [-0.05, 0) is 154 Å². The average Bonchev–Trinajstić information content (AvgIpc) is 0.929. The van der Waals surface area contributed by atoms with Crippen LogP contribution in [0.1, 0.15) is 285 Å². The van der Waals surface area contributed by atoms with Crippen LogP contribution < -0.4 is 0 Å². The summed E-state index contributed by atoms with van der Waals surface area (Å²) in [6, 6.07) is 0. The van der Waals surface area contributed by atoms with Gasteiger partial charge in [0.1, 0.15) is 19.3 Å². The van der Waals surface area contributed by atoms with Crippen molar-refractivity contribution in [2.75, 3.05) is 39.6 Å². The molecule has 3 N–H and O–H groups in total. The summed E-state index contributed by atoms with van der Waals surface area (Å²) in [5.74, 6) is -2.31. The molecule has 0 aliphatic rings. The summed E-state index contributed by atoms with van der Waals surface area (Å²) in [4.78, 5) is 72.9. The summed E-state index contributed by atoms with van der Waals surface area (Å²) in [6.07, 6.45) is 89.2. The molecule has 17 nitrogen and oxygen atoms in total. The number of allylic oxidation sites excluding steroid dienone is 28. The Hall–Kier alpha value is -5.58. The Kier molecular flexibility index (Phi) is 71.6. The molecule has 0 fully saturated rings. The molecule has 0 aromatic carbocycles. The van der Waals surface area contributed by atoms with E-state index < -0.39 is 97.5 Å². The molecule has 5 atom stereocenters. The molecule has 0 saturated heterocycles. The lowest BCUT2D eigenvalue weighted by atomic mass is 10.1. The highest BCUT2D eigenvalue weighted by Crippen LogP contribution is 2.45. The van der Waals surface area contributed by atoms with Gasteiger partial charge in [-0.25, -0.2) is 9.13 Å². The van der Waals surface area contributed by atoms with Gasteiger partial charge in [-0.1, -0.05) is 275 Å². The summed E-state index contributed by atoms with van der Waals surface area (Å²) >= 11 is 0. The molecule has 0 aliphatic carbocycles. The molecule has 104 heavy (non-hydrogen) atoms. The number of hydrogen-bond donors (Lipinski definition) is 3. The maximum absolute atomic E-state index is 13.1. The van der Waals surface area contributed by atoms with Crippen LogP contribution in [0.5, 0.6) is 0 Å². The molecule has 0 heterocycles. The number of rotatable bonds is 72. The zero-order chi connectivity index (χ0) is 76.0. The predicted molar refractivity (Wildman–Crippen MR) is 426 cm³/mol. The summed E-state index contributed by atoms with van der Waals surface area (Å²) in [7, 11) is -10.00. The Labute approximate surface area is 629 Å². The van der Waals surface area contributed by atoms with E-state index in [1.165, 1.54) is 38.5 Å². The minimum absolute atomic E-state index is 0.0286. The van der Waals surface area contributed by atoms with Gasteiger partial charge in [0.05, 0.1) is 26.4 Å². The van der Waals surface area contributed by atoms with Crippen molar-refractivity contribution in [2.45, 2.75) is 303 Å². The minimum Gasteiger partial charge on any atom is -0.462 e. The lowest BCUT2D eigenvalue weighted by Crippen LogP contribution is -2.30. The van der Waals surface area contributed by atoms with Crippen LogP contribution in [0.3, 0.4) is 0 Å². The number of unbranched alkanes of at least 4 members (excludes halogenated alkanes) is 18. The summed E-state index contributed by atoms with van der Waals surface area (Å²) in [6.45, 7) is 4.38. The van der Waals surface area contributed by atoms with Crippen molar-refractivity contribution in [1.29, 1.82) is 0 Å². The maximum atomic E-state index is 13.1. The minimum atomic E-state index is -5.00. The molecule has 19 heteroatoms. The quantitative estimate of drug-likeness (QED) is 0.0169. The fourth-order valence-corrected chi connectivity index (χ4v) is 11.4. The largest absolute Gasteiger partial charge is 0.472 e. The maximum Gasteiger partial charge on any atom is 0.472 e. The first-order chi connectivity index (χ1) is 50.7. The van der Waals surface area contributed by atoms with Crippen LogP contribution in [-0.4, -0.2) is 96.7 Å². The Balaban J connectivity index is 5.43. The van der Waals surface area contributed by atoms with Crippen molar-refractivity contribution in [1.82, 2.24) is 0 Å². The highest BCUT2D eigenvalue weighted by Gasteiger charge is 2.30. The molecule has 5 unspecified atom stereocenters. The molecule has 0 aromatic rings. The summed E-state index contributed by atoms with van der Waals surface area (Å²) in [5, 5.41) is 10.6. The Bertz CT molecular complexity index is 2640. The third-order valence-corrected chi connectivity index (χ3v) is 17.6. The van der Waals surface area contributed by atoms with Gasteiger partial charge in [0.25, 0.3) is 0 Å². The molecule has 0 rings (SSSR count). The lowest BCUT2D eigenvalue weighted by Gasteiger charge is -2.21. The van der Waals surface area contributed by atoms with Crippen molar-refractivity contribution < 1.29 is 80.2 Å². The van der Waals surface area contributed by atoms with Crippen LogP contribution in [0.4, 0.5) is 0 Å². The molecular formula is C85H138O17P2. The number of esters is 4. The van der Waals surface area contributed by atoms with E-state index in [0.717, 1.165) is 161 Å². The molecule has 0 aliphatic heterocycles. The van der Waals surface area contributed by atoms with Crippen molar-refractivity contribution >= 4 is 39.5 Å². The van der Waals surface area contributed by atoms with Crippen molar-refractivity contribution in [3.8, 4) is 0 Å². The van der Waals surface area contributed by atoms with Crippen LogP contribution in [0, 0.1) is 0 Å². The van der Waals surface area contributed by atoms with E-state index in [4.69, 9.17) is 37.0 Å². The van der Waals surface area contributed by atoms with Gasteiger partial charge in [0.2, 0.25) is 0 Å². The van der Waals surface area contributed by atoms with Crippen LogP contribution in [-0.2, 0) is 65.4 Å². The van der Waals surface area contributed by atoms with Crippen LogP contribution in [0.2, 0.25) is 0 Å². The number of aliphatic hydroxyl groups excluding tert-OH is 1. The molecule has 0 amide bonds. The van der Waals surface area contributed by atoms with Crippen LogP contribution >= 0.6 is 15.6 Å². The van der Waals surface area contributed by atoms with Gasteiger partial charge < -0.3 is 33.8 Å². The van der Waals surface area contributed by atoms with Gasteiger partial charge in [0.15, 0.2) is 12.2 Å². The Morgan fingerprint density at radius 2 is 0.500 bits per heavy atom. The average molecular weight is 1490 g/mol.